The zero-order chi connectivity index (χ0) is 18.7. The molecule has 7 heteroatoms. The fourth-order valence-electron chi connectivity index (χ4n) is 3.96. The summed E-state index contributed by atoms with van der Waals surface area (Å²) in [5.74, 6) is 0.713. The number of ether oxygens (including phenoxy) is 3. The predicted molar refractivity (Wildman–Crippen MR) is 91.1 cm³/mol. The van der Waals surface area contributed by atoms with Gasteiger partial charge in [0.25, 0.3) is 0 Å². The number of hydrogen-bond acceptors (Lipinski definition) is 5. The first kappa shape index (κ1) is 18.9. The van der Waals surface area contributed by atoms with Crippen molar-refractivity contribution in [1.82, 2.24) is 0 Å². The van der Waals surface area contributed by atoms with Gasteiger partial charge in [-0.15, -0.1) is 0 Å². The maximum Gasteiger partial charge on any atom is 0.387 e. The summed E-state index contributed by atoms with van der Waals surface area (Å²) in [5, 5.41) is 0. The Labute approximate surface area is 151 Å². The summed E-state index contributed by atoms with van der Waals surface area (Å²) in [6.45, 7) is -0.664. The maximum atomic E-state index is 12.4. The van der Waals surface area contributed by atoms with Crippen LogP contribution in [0.15, 0.2) is 18.2 Å². The number of esters is 1. The SMILES string of the molecule is CCOC(=O)C1CCC([C@@H]2C[C@H](N)c3ccc(OC(F)F)cc3O2)CC1. The van der Waals surface area contributed by atoms with Gasteiger partial charge in [0.15, 0.2) is 0 Å². The molecule has 0 radical (unpaired) electrons. The molecule has 2 N–H and O–H groups in total. The molecule has 1 aromatic carbocycles. The van der Waals surface area contributed by atoms with Crippen LogP contribution in [-0.2, 0) is 9.53 Å². The van der Waals surface area contributed by atoms with Gasteiger partial charge in [0, 0.05) is 24.1 Å². The van der Waals surface area contributed by atoms with Crippen LogP contribution in [0.1, 0.15) is 50.6 Å². The molecule has 26 heavy (non-hydrogen) atoms. The van der Waals surface area contributed by atoms with E-state index in [-0.39, 0.29) is 29.8 Å². The molecule has 0 amide bonds. The average molecular weight is 369 g/mol. The van der Waals surface area contributed by atoms with Crippen molar-refractivity contribution in [2.24, 2.45) is 17.6 Å². The molecule has 0 bridgehead atoms. The third-order valence-electron chi connectivity index (χ3n) is 5.29. The van der Waals surface area contributed by atoms with Crippen molar-refractivity contribution >= 4 is 5.97 Å². The number of carbonyl (C=O) groups excluding carboxylic acids is 1. The van der Waals surface area contributed by atoms with E-state index >= 15 is 0 Å². The minimum absolute atomic E-state index is 0.0400. The van der Waals surface area contributed by atoms with Crippen molar-refractivity contribution in [1.29, 1.82) is 0 Å². The Morgan fingerprint density at radius 2 is 2.04 bits per heavy atom. The van der Waals surface area contributed by atoms with Crippen LogP contribution in [0.4, 0.5) is 8.78 Å². The number of alkyl halides is 2. The molecule has 5 nitrogen and oxygen atoms in total. The zero-order valence-corrected chi connectivity index (χ0v) is 14.8. The molecule has 1 aliphatic heterocycles. The number of rotatable bonds is 5. The normalized spacial score (nSPS) is 28.2. The van der Waals surface area contributed by atoms with E-state index in [0.717, 1.165) is 31.2 Å². The molecule has 1 fully saturated rings. The van der Waals surface area contributed by atoms with Gasteiger partial charge in [-0.1, -0.05) is 6.07 Å². The fourth-order valence-corrected chi connectivity index (χ4v) is 3.96. The molecule has 3 rings (SSSR count). The molecule has 2 aliphatic rings. The standard InChI is InChI=1S/C19H25F2NO4/c1-2-24-18(23)12-5-3-11(4-6-12)16-10-15(22)14-8-7-13(25-19(20)21)9-17(14)26-16/h7-9,11-12,15-16,19H,2-6,10,22H2,1H3/t11?,12?,15-,16-/m0/s1. The lowest BCUT2D eigenvalue weighted by Crippen LogP contribution is -2.38. The number of benzene rings is 1. The Hall–Kier alpha value is -1.89. The van der Waals surface area contributed by atoms with Gasteiger partial charge in [0.2, 0.25) is 0 Å². The average Bonchev–Trinajstić information content (AvgIpc) is 2.61. The fraction of sp³-hybridized carbons (Fsp3) is 0.632. The van der Waals surface area contributed by atoms with Gasteiger partial charge in [-0.2, -0.15) is 8.78 Å². The first-order valence-electron chi connectivity index (χ1n) is 9.15. The molecular formula is C19H25F2NO4. The predicted octanol–water partition coefficient (Wildman–Crippen LogP) is 3.81. The van der Waals surface area contributed by atoms with Crippen LogP contribution in [0.3, 0.4) is 0 Å². The van der Waals surface area contributed by atoms with Crippen molar-refractivity contribution in [2.75, 3.05) is 6.61 Å². The second-order valence-corrected chi connectivity index (χ2v) is 6.94. The third-order valence-corrected chi connectivity index (χ3v) is 5.29. The largest absolute Gasteiger partial charge is 0.490 e. The van der Waals surface area contributed by atoms with Crippen LogP contribution in [0.25, 0.3) is 0 Å². The Morgan fingerprint density at radius 1 is 1.31 bits per heavy atom. The molecule has 0 aromatic heterocycles. The number of nitrogens with two attached hydrogens (primary N) is 1. The van der Waals surface area contributed by atoms with Crippen LogP contribution < -0.4 is 15.2 Å². The van der Waals surface area contributed by atoms with Gasteiger partial charge < -0.3 is 19.9 Å². The van der Waals surface area contributed by atoms with Gasteiger partial charge in [-0.3, -0.25) is 4.79 Å². The van der Waals surface area contributed by atoms with Gasteiger partial charge in [-0.05, 0) is 44.6 Å². The highest BCUT2D eigenvalue weighted by Gasteiger charge is 2.36. The second kappa shape index (κ2) is 8.20. The van der Waals surface area contributed by atoms with Crippen LogP contribution in [-0.4, -0.2) is 25.3 Å². The summed E-state index contributed by atoms with van der Waals surface area (Å²) in [4.78, 5) is 11.9. The van der Waals surface area contributed by atoms with Gasteiger partial charge in [-0.25, -0.2) is 0 Å². The van der Waals surface area contributed by atoms with Gasteiger partial charge in [0.05, 0.1) is 12.5 Å². The summed E-state index contributed by atoms with van der Waals surface area (Å²) >= 11 is 0. The summed E-state index contributed by atoms with van der Waals surface area (Å²) < 4.78 is 40.5. The minimum atomic E-state index is -2.88. The van der Waals surface area contributed by atoms with E-state index in [1.165, 1.54) is 12.1 Å². The van der Waals surface area contributed by atoms with Gasteiger partial charge in [0.1, 0.15) is 17.6 Å². The van der Waals surface area contributed by atoms with Crippen molar-refractivity contribution in [3.63, 3.8) is 0 Å². The molecule has 1 saturated carbocycles. The number of carbonyl (C=O) groups is 1. The van der Waals surface area contributed by atoms with Crippen LogP contribution in [0, 0.1) is 11.8 Å². The molecule has 0 saturated heterocycles. The molecule has 1 aromatic rings. The van der Waals surface area contributed by atoms with Crippen LogP contribution >= 0.6 is 0 Å². The Bertz CT molecular complexity index is 632. The van der Waals surface area contributed by atoms with E-state index in [1.54, 1.807) is 6.07 Å². The highest BCUT2D eigenvalue weighted by molar-refractivity contribution is 5.72. The lowest BCUT2D eigenvalue weighted by Gasteiger charge is -2.38. The molecule has 144 valence electrons. The molecule has 1 heterocycles. The Morgan fingerprint density at radius 3 is 2.69 bits per heavy atom. The lowest BCUT2D eigenvalue weighted by molar-refractivity contribution is -0.149. The van der Waals surface area contributed by atoms with Crippen molar-refractivity contribution in [2.45, 2.75) is 57.8 Å². The topological polar surface area (TPSA) is 70.8 Å². The molecule has 0 unspecified atom stereocenters. The number of fused-ring (bicyclic) bond motifs is 1. The lowest BCUT2D eigenvalue weighted by atomic mass is 9.77. The van der Waals surface area contributed by atoms with Gasteiger partial charge >= 0.3 is 12.6 Å². The van der Waals surface area contributed by atoms with Crippen molar-refractivity contribution in [3.8, 4) is 11.5 Å². The van der Waals surface area contributed by atoms with E-state index in [2.05, 4.69) is 4.74 Å². The summed E-state index contributed by atoms with van der Waals surface area (Å²) in [6, 6.07) is 4.45. The first-order chi connectivity index (χ1) is 12.5. The van der Waals surface area contributed by atoms with E-state index in [9.17, 15) is 13.6 Å². The second-order valence-electron chi connectivity index (χ2n) is 6.94. The number of halogens is 2. The highest BCUT2D eigenvalue weighted by atomic mass is 19.3. The summed E-state index contributed by atoms with van der Waals surface area (Å²) in [6.07, 6.45) is 3.88. The van der Waals surface area contributed by atoms with Crippen molar-refractivity contribution in [3.05, 3.63) is 23.8 Å². The smallest absolute Gasteiger partial charge is 0.387 e. The monoisotopic (exact) mass is 369 g/mol. The molecule has 2 atom stereocenters. The summed E-state index contributed by atoms with van der Waals surface area (Å²) in [5.41, 5.74) is 7.08. The Kier molecular flexibility index (Phi) is 5.96. The molecule has 0 spiro atoms. The van der Waals surface area contributed by atoms with E-state index in [4.69, 9.17) is 15.2 Å². The van der Waals surface area contributed by atoms with Crippen LogP contribution in [0.5, 0.6) is 11.5 Å². The quantitative estimate of drug-likeness (QED) is 0.799. The van der Waals surface area contributed by atoms with E-state index in [1.807, 2.05) is 6.92 Å². The molecule has 1 aliphatic carbocycles. The van der Waals surface area contributed by atoms with E-state index < -0.39 is 6.61 Å². The number of hydrogen-bond donors (Lipinski definition) is 1. The maximum absolute atomic E-state index is 12.4. The highest BCUT2D eigenvalue weighted by Crippen LogP contribution is 2.42. The molecular weight excluding hydrogens is 344 g/mol. The zero-order valence-electron chi connectivity index (χ0n) is 14.8. The van der Waals surface area contributed by atoms with Crippen molar-refractivity contribution < 1.29 is 27.8 Å². The summed E-state index contributed by atoms with van der Waals surface area (Å²) in [7, 11) is 0. The van der Waals surface area contributed by atoms with E-state index in [0.29, 0.717) is 24.7 Å². The van der Waals surface area contributed by atoms with Crippen LogP contribution in [0.2, 0.25) is 0 Å². The Balaban J connectivity index is 1.64. The minimum Gasteiger partial charge on any atom is -0.490 e. The third kappa shape index (κ3) is 4.26. The first-order valence-corrected chi connectivity index (χ1v) is 9.15.